The fourth-order valence-electron chi connectivity index (χ4n) is 2.05. The van der Waals surface area contributed by atoms with Gasteiger partial charge in [0.15, 0.2) is 0 Å². The van der Waals surface area contributed by atoms with Crippen LogP contribution in [0.2, 0.25) is 0 Å². The molecule has 1 aromatic carbocycles. The zero-order valence-corrected chi connectivity index (χ0v) is 11.3. The Morgan fingerprint density at radius 2 is 2.11 bits per heavy atom. The molecule has 1 aromatic rings. The highest BCUT2D eigenvalue weighted by molar-refractivity contribution is 5.95. The molecule has 4 N–H and O–H groups in total. The molecule has 0 spiro atoms. The van der Waals surface area contributed by atoms with Crippen molar-refractivity contribution in [3.63, 3.8) is 0 Å². The van der Waals surface area contributed by atoms with Crippen LogP contribution >= 0.6 is 0 Å². The molecule has 0 heterocycles. The number of benzene rings is 1. The zero-order chi connectivity index (χ0) is 14.3. The van der Waals surface area contributed by atoms with Crippen molar-refractivity contribution in [1.29, 1.82) is 0 Å². The second-order valence-electron chi connectivity index (χ2n) is 4.54. The van der Waals surface area contributed by atoms with Crippen LogP contribution in [0.1, 0.15) is 35.7 Å². The van der Waals surface area contributed by atoms with Gasteiger partial charge >= 0.3 is 5.97 Å². The van der Waals surface area contributed by atoms with E-state index in [0.29, 0.717) is 18.7 Å². The molecule has 0 atom stereocenters. The number of aliphatic hydroxyl groups excluding tert-OH is 1. The molecule has 0 fully saturated rings. The number of hydrogen-bond acceptors (Lipinski definition) is 4. The Hall–Kier alpha value is -1.59. The van der Waals surface area contributed by atoms with Gasteiger partial charge in [0.05, 0.1) is 12.2 Å². The van der Waals surface area contributed by atoms with Crippen LogP contribution in [0, 0.1) is 0 Å². The predicted molar refractivity (Wildman–Crippen MR) is 75.1 cm³/mol. The summed E-state index contributed by atoms with van der Waals surface area (Å²) in [7, 11) is 0. The molecule has 0 aliphatic rings. The number of aromatic carboxylic acids is 1. The first kappa shape index (κ1) is 15.5. The highest BCUT2D eigenvalue weighted by Gasteiger charge is 2.15. The molecule has 106 valence electrons. The molecule has 0 aliphatic heterocycles. The quantitative estimate of drug-likeness (QED) is 0.622. The van der Waals surface area contributed by atoms with E-state index in [9.17, 15) is 9.90 Å². The molecule has 0 aliphatic carbocycles. The Morgan fingerprint density at radius 1 is 1.37 bits per heavy atom. The van der Waals surface area contributed by atoms with E-state index in [1.54, 1.807) is 18.2 Å². The number of carboxylic acid groups (broad SMARTS) is 1. The van der Waals surface area contributed by atoms with Crippen molar-refractivity contribution in [2.45, 2.75) is 26.3 Å². The molecule has 5 nitrogen and oxygen atoms in total. The first-order valence-electron chi connectivity index (χ1n) is 6.54. The summed E-state index contributed by atoms with van der Waals surface area (Å²) in [6, 6.07) is 5.12. The number of aliphatic hydroxyl groups is 1. The number of carboxylic acids is 1. The van der Waals surface area contributed by atoms with Crippen molar-refractivity contribution in [1.82, 2.24) is 4.90 Å². The van der Waals surface area contributed by atoms with Gasteiger partial charge in [-0.25, -0.2) is 4.79 Å². The number of nitrogens with zero attached hydrogens (tertiary/aromatic N) is 1. The molecule has 0 radical (unpaired) electrons. The van der Waals surface area contributed by atoms with Crippen LogP contribution in [-0.4, -0.2) is 40.8 Å². The van der Waals surface area contributed by atoms with Gasteiger partial charge in [-0.2, -0.15) is 0 Å². The van der Waals surface area contributed by atoms with E-state index < -0.39 is 5.97 Å². The summed E-state index contributed by atoms with van der Waals surface area (Å²) in [5, 5.41) is 18.3. The number of nitrogen functional groups attached to an aromatic ring is 1. The maximum atomic E-state index is 11.2. The lowest BCUT2D eigenvalue weighted by Gasteiger charge is -2.22. The molecule has 0 bridgehead atoms. The third-order valence-electron chi connectivity index (χ3n) is 3.03. The highest BCUT2D eigenvalue weighted by Crippen LogP contribution is 2.19. The first-order valence-corrected chi connectivity index (χ1v) is 6.54. The van der Waals surface area contributed by atoms with Crippen molar-refractivity contribution in [2.24, 2.45) is 0 Å². The van der Waals surface area contributed by atoms with Gasteiger partial charge in [-0.15, -0.1) is 0 Å². The SMILES string of the molecule is CCCCN(CCO)Cc1cccc(N)c1C(=O)O. The van der Waals surface area contributed by atoms with Crippen LogP contribution in [0.25, 0.3) is 0 Å². The van der Waals surface area contributed by atoms with Gasteiger partial charge in [0.1, 0.15) is 0 Å². The summed E-state index contributed by atoms with van der Waals surface area (Å²) in [6.45, 7) is 4.03. The van der Waals surface area contributed by atoms with Crippen LogP contribution in [0.4, 0.5) is 5.69 Å². The van der Waals surface area contributed by atoms with Crippen molar-refractivity contribution in [2.75, 3.05) is 25.4 Å². The average Bonchev–Trinajstić information content (AvgIpc) is 2.35. The summed E-state index contributed by atoms with van der Waals surface area (Å²) in [5.41, 5.74) is 6.87. The smallest absolute Gasteiger partial charge is 0.338 e. The van der Waals surface area contributed by atoms with Crippen molar-refractivity contribution < 1.29 is 15.0 Å². The number of hydrogen-bond donors (Lipinski definition) is 3. The van der Waals surface area contributed by atoms with Crippen molar-refractivity contribution >= 4 is 11.7 Å². The number of anilines is 1. The molecule has 0 saturated heterocycles. The van der Waals surface area contributed by atoms with Gasteiger partial charge in [-0.3, -0.25) is 4.90 Å². The van der Waals surface area contributed by atoms with Gasteiger partial charge in [0.25, 0.3) is 0 Å². The van der Waals surface area contributed by atoms with Gasteiger partial charge in [0, 0.05) is 18.8 Å². The lowest BCUT2D eigenvalue weighted by atomic mass is 10.0. The normalized spacial score (nSPS) is 10.9. The van der Waals surface area contributed by atoms with E-state index in [0.717, 1.165) is 19.4 Å². The predicted octanol–water partition coefficient (Wildman–Crippen LogP) is 1.56. The second kappa shape index (κ2) is 7.76. The van der Waals surface area contributed by atoms with E-state index in [-0.39, 0.29) is 17.9 Å². The number of nitrogens with two attached hydrogens (primary N) is 1. The van der Waals surface area contributed by atoms with Crippen molar-refractivity contribution in [3.05, 3.63) is 29.3 Å². The van der Waals surface area contributed by atoms with Gasteiger partial charge in [-0.1, -0.05) is 25.5 Å². The summed E-state index contributed by atoms with van der Waals surface area (Å²) in [6.07, 6.45) is 2.08. The molecular weight excluding hydrogens is 244 g/mol. The van der Waals surface area contributed by atoms with Crippen LogP contribution in [0.3, 0.4) is 0 Å². The Balaban J connectivity index is 2.89. The number of carbonyl (C=O) groups is 1. The molecule has 0 aromatic heterocycles. The third-order valence-corrected chi connectivity index (χ3v) is 3.03. The fraction of sp³-hybridized carbons (Fsp3) is 0.500. The zero-order valence-electron chi connectivity index (χ0n) is 11.3. The lowest BCUT2D eigenvalue weighted by Crippen LogP contribution is -2.28. The monoisotopic (exact) mass is 266 g/mol. The van der Waals surface area contributed by atoms with E-state index in [4.69, 9.17) is 10.8 Å². The largest absolute Gasteiger partial charge is 0.478 e. The van der Waals surface area contributed by atoms with E-state index >= 15 is 0 Å². The summed E-state index contributed by atoms with van der Waals surface area (Å²) in [5.74, 6) is -1.01. The minimum Gasteiger partial charge on any atom is -0.478 e. The molecule has 0 saturated carbocycles. The minimum atomic E-state index is -1.01. The van der Waals surface area contributed by atoms with Crippen molar-refractivity contribution in [3.8, 4) is 0 Å². The van der Waals surface area contributed by atoms with E-state index in [2.05, 4.69) is 6.92 Å². The summed E-state index contributed by atoms with van der Waals surface area (Å²) >= 11 is 0. The number of rotatable bonds is 8. The van der Waals surface area contributed by atoms with E-state index in [1.807, 2.05) is 4.90 Å². The molecule has 5 heteroatoms. The third kappa shape index (κ3) is 4.54. The van der Waals surface area contributed by atoms with Crippen LogP contribution in [0.5, 0.6) is 0 Å². The van der Waals surface area contributed by atoms with E-state index in [1.165, 1.54) is 0 Å². The Labute approximate surface area is 113 Å². The van der Waals surface area contributed by atoms with Gasteiger partial charge < -0.3 is 15.9 Å². The fourth-order valence-corrected chi connectivity index (χ4v) is 2.05. The Kier molecular flexibility index (Phi) is 6.32. The molecule has 0 unspecified atom stereocenters. The highest BCUT2D eigenvalue weighted by atomic mass is 16.4. The average molecular weight is 266 g/mol. The number of unbranched alkanes of at least 4 members (excludes halogenated alkanes) is 1. The summed E-state index contributed by atoms with van der Waals surface area (Å²) in [4.78, 5) is 13.3. The Bertz CT molecular complexity index is 421. The second-order valence-corrected chi connectivity index (χ2v) is 4.54. The molecule has 0 amide bonds. The first-order chi connectivity index (χ1) is 9.10. The van der Waals surface area contributed by atoms with Gasteiger partial charge in [-0.05, 0) is 24.6 Å². The lowest BCUT2D eigenvalue weighted by molar-refractivity contribution is 0.0695. The standard InChI is InChI=1S/C14H22N2O3/c1-2-3-7-16(8-9-17)10-11-5-4-6-12(15)13(11)14(18)19/h4-6,17H,2-3,7-10,15H2,1H3,(H,18,19). The molecule has 1 rings (SSSR count). The minimum absolute atomic E-state index is 0.0639. The van der Waals surface area contributed by atoms with Crippen LogP contribution < -0.4 is 5.73 Å². The molecule has 19 heavy (non-hydrogen) atoms. The molecular formula is C14H22N2O3. The Morgan fingerprint density at radius 3 is 2.68 bits per heavy atom. The van der Waals surface area contributed by atoms with Crippen LogP contribution in [0.15, 0.2) is 18.2 Å². The maximum absolute atomic E-state index is 11.2. The van der Waals surface area contributed by atoms with Gasteiger partial charge in [0.2, 0.25) is 0 Å². The topological polar surface area (TPSA) is 86.8 Å². The van der Waals surface area contributed by atoms with Crippen LogP contribution in [-0.2, 0) is 6.54 Å². The maximum Gasteiger partial charge on any atom is 0.338 e. The summed E-state index contributed by atoms with van der Waals surface area (Å²) < 4.78 is 0.